The minimum Gasteiger partial charge on any atom is -0.312 e. The topological polar surface area (TPSA) is 12.0 Å². The van der Waals surface area contributed by atoms with Crippen LogP contribution in [0.1, 0.15) is 5.56 Å². The normalized spacial score (nSPS) is 11.8. The fourth-order valence-corrected chi connectivity index (χ4v) is 2.10. The zero-order valence-electron chi connectivity index (χ0n) is 9.38. The van der Waals surface area contributed by atoms with E-state index in [2.05, 4.69) is 5.32 Å². The third kappa shape index (κ3) is 6.85. The van der Waals surface area contributed by atoms with Gasteiger partial charge in [-0.3, -0.25) is 0 Å². The van der Waals surface area contributed by atoms with E-state index in [1.165, 1.54) is 12.1 Å². The van der Waals surface area contributed by atoms with Crippen molar-refractivity contribution in [3.8, 4) is 0 Å². The number of hydrogen-bond donors (Lipinski definition) is 1. The van der Waals surface area contributed by atoms with Crippen molar-refractivity contribution in [3.63, 3.8) is 0 Å². The van der Waals surface area contributed by atoms with Crippen LogP contribution in [0.2, 0.25) is 0 Å². The second-order valence-corrected chi connectivity index (χ2v) is 5.49. The Morgan fingerprint density at radius 1 is 1.18 bits per heavy atom. The molecule has 1 aromatic carbocycles. The highest BCUT2D eigenvalue weighted by Gasteiger charge is 2.28. The van der Waals surface area contributed by atoms with Crippen LogP contribution in [-0.2, 0) is 6.54 Å². The molecule has 0 aliphatic carbocycles. The monoisotopic (exact) mass is 281 g/mol. The van der Waals surface area contributed by atoms with E-state index < -0.39 is 5.51 Å². The Kier molecular flexibility index (Phi) is 6.22. The van der Waals surface area contributed by atoms with Gasteiger partial charge in [0.15, 0.2) is 0 Å². The van der Waals surface area contributed by atoms with Crippen molar-refractivity contribution in [3.05, 3.63) is 29.8 Å². The molecule has 0 fully saturated rings. The molecule has 1 N–H and O–H groups in total. The van der Waals surface area contributed by atoms with E-state index in [-0.39, 0.29) is 16.7 Å². The van der Waals surface area contributed by atoms with Crippen LogP contribution in [-0.4, -0.2) is 24.1 Å². The van der Waals surface area contributed by atoms with Gasteiger partial charge in [0.1, 0.15) is 0 Å². The summed E-state index contributed by atoms with van der Waals surface area (Å²) in [6.07, 6.45) is 2.03. The van der Waals surface area contributed by atoms with Crippen LogP contribution in [0.15, 0.2) is 29.2 Å². The lowest BCUT2D eigenvalue weighted by atomic mass is 10.2. The fourth-order valence-electron chi connectivity index (χ4n) is 1.22. The third-order valence-corrected chi connectivity index (χ3v) is 3.32. The van der Waals surface area contributed by atoms with E-state index in [1.54, 1.807) is 23.9 Å². The molecule has 0 spiro atoms. The fraction of sp³-hybridized carbons (Fsp3) is 0.455. The molecule has 0 amide bonds. The molecule has 0 bridgehead atoms. The minimum absolute atomic E-state index is 0.0823. The molecule has 0 atom stereocenters. The van der Waals surface area contributed by atoms with Gasteiger partial charge in [-0.15, -0.1) is 0 Å². The van der Waals surface area contributed by atoms with E-state index in [1.807, 2.05) is 6.26 Å². The number of rotatable bonds is 6. The number of hydrogen-bond acceptors (Lipinski definition) is 3. The van der Waals surface area contributed by atoms with Crippen LogP contribution in [0.25, 0.3) is 0 Å². The summed E-state index contributed by atoms with van der Waals surface area (Å²) in [5.74, 6) is 1.03. The van der Waals surface area contributed by atoms with Crippen molar-refractivity contribution >= 4 is 23.5 Å². The lowest BCUT2D eigenvalue weighted by Gasteiger charge is -2.07. The van der Waals surface area contributed by atoms with E-state index in [9.17, 15) is 13.2 Å². The Morgan fingerprint density at radius 2 is 1.82 bits per heavy atom. The molecule has 0 saturated heterocycles. The summed E-state index contributed by atoms with van der Waals surface area (Å²) in [4.78, 5) is 0.227. The molecule has 0 heterocycles. The van der Waals surface area contributed by atoms with Gasteiger partial charge in [-0.2, -0.15) is 24.9 Å². The van der Waals surface area contributed by atoms with Crippen LogP contribution in [0, 0.1) is 0 Å². The molecule has 96 valence electrons. The zero-order chi connectivity index (χ0) is 12.7. The Labute approximate surface area is 108 Å². The van der Waals surface area contributed by atoms with Gasteiger partial charge in [-0.25, -0.2) is 0 Å². The second kappa shape index (κ2) is 7.18. The molecule has 6 heteroatoms. The molecule has 1 nitrogen and oxygen atoms in total. The molecule has 0 unspecified atom stereocenters. The molecule has 0 aromatic heterocycles. The van der Waals surface area contributed by atoms with Gasteiger partial charge in [0.25, 0.3) is 0 Å². The molecule has 1 aromatic rings. The minimum atomic E-state index is -4.21. The maximum Gasteiger partial charge on any atom is 0.446 e. The summed E-state index contributed by atoms with van der Waals surface area (Å²) in [7, 11) is 0. The first-order valence-corrected chi connectivity index (χ1v) is 7.26. The van der Waals surface area contributed by atoms with Crippen molar-refractivity contribution in [2.24, 2.45) is 0 Å². The Morgan fingerprint density at radius 3 is 2.35 bits per heavy atom. The average Bonchev–Trinajstić information content (AvgIpc) is 2.25. The predicted molar refractivity (Wildman–Crippen MR) is 68.4 cm³/mol. The first-order valence-electron chi connectivity index (χ1n) is 5.05. The lowest BCUT2D eigenvalue weighted by molar-refractivity contribution is -0.0328. The van der Waals surface area contributed by atoms with Crippen LogP contribution >= 0.6 is 23.5 Å². The standard InChI is InChI=1S/C11H14F3NS2/c1-16-7-6-15-8-9-2-4-10(5-3-9)17-11(12,13)14/h2-5,15H,6-8H2,1H3. The summed E-state index contributed by atoms with van der Waals surface area (Å²) >= 11 is 1.67. The van der Waals surface area contributed by atoms with Gasteiger partial charge in [-0.1, -0.05) is 12.1 Å². The molecule has 0 radical (unpaired) electrons. The molecular formula is C11H14F3NS2. The Bertz CT molecular complexity index is 324. The summed E-state index contributed by atoms with van der Waals surface area (Å²) in [5.41, 5.74) is -3.21. The van der Waals surface area contributed by atoms with Crippen molar-refractivity contribution in [1.82, 2.24) is 5.32 Å². The van der Waals surface area contributed by atoms with Crippen LogP contribution < -0.4 is 5.32 Å². The molecule has 1 rings (SSSR count). The van der Waals surface area contributed by atoms with Crippen molar-refractivity contribution in [1.29, 1.82) is 0 Å². The van der Waals surface area contributed by atoms with Gasteiger partial charge in [-0.05, 0) is 35.7 Å². The van der Waals surface area contributed by atoms with Gasteiger partial charge in [0.05, 0.1) is 0 Å². The van der Waals surface area contributed by atoms with Gasteiger partial charge < -0.3 is 5.32 Å². The average molecular weight is 281 g/mol. The summed E-state index contributed by atoms with van der Waals surface area (Å²) in [6.45, 7) is 1.59. The SMILES string of the molecule is CSCCNCc1ccc(SC(F)(F)F)cc1. The largest absolute Gasteiger partial charge is 0.446 e. The summed E-state index contributed by atoms with van der Waals surface area (Å²) in [6, 6.07) is 6.45. The first kappa shape index (κ1) is 14.7. The maximum absolute atomic E-state index is 12.1. The molecule has 17 heavy (non-hydrogen) atoms. The second-order valence-electron chi connectivity index (χ2n) is 3.36. The van der Waals surface area contributed by atoms with Crippen molar-refractivity contribution in [2.75, 3.05) is 18.6 Å². The van der Waals surface area contributed by atoms with Crippen molar-refractivity contribution in [2.45, 2.75) is 16.9 Å². The third-order valence-electron chi connectivity index (χ3n) is 1.97. The van der Waals surface area contributed by atoms with E-state index in [0.29, 0.717) is 6.54 Å². The van der Waals surface area contributed by atoms with Crippen LogP contribution in [0.5, 0.6) is 0 Å². The van der Waals surface area contributed by atoms with Gasteiger partial charge in [0, 0.05) is 23.7 Å². The zero-order valence-corrected chi connectivity index (χ0v) is 11.0. The molecular weight excluding hydrogens is 267 g/mol. The molecule has 0 aliphatic rings. The lowest BCUT2D eigenvalue weighted by Crippen LogP contribution is -2.16. The van der Waals surface area contributed by atoms with Crippen LogP contribution in [0.4, 0.5) is 13.2 Å². The van der Waals surface area contributed by atoms with Crippen molar-refractivity contribution < 1.29 is 13.2 Å². The molecule has 0 aliphatic heterocycles. The number of benzene rings is 1. The highest BCUT2D eigenvalue weighted by atomic mass is 32.2. The Balaban J connectivity index is 2.39. The number of nitrogens with one attached hydrogen (secondary N) is 1. The highest BCUT2D eigenvalue weighted by Crippen LogP contribution is 2.36. The number of thioether (sulfide) groups is 2. The van der Waals surface area contributed by atoms with Crippen LogP contribution in [0.3, 0.4) is 0 Å². The van der Waals surface area contributed by atoms with E-state index in [0.717, 1.165) is 17.9 Å². The first-order chi connectivity index (χ1) is 8.01. The van der Waals surface area contributed by atoms with Gasteiger partial charge in [0.2, 0.25) is 0 Å². The smallest absolute Gasteiger partial charge is 0.312 e. The quantitative estimate of drug-likeness (QED) is 0.630. The maximum atomic E-state index is 12.1. The van der Waals surface area contributed by atoms with E-state index in [4.69, 9.17) is 0 Å². The highest BCUT2D eigenvalue weighted by molar-refractivity contribution is 8.00. The number of alkyl halides is 3. The Hall–Kier alpha value is -0.330. The number of halogens is 3. The van der Waals surface area contributed by atoms with E-state index >= 15 is 0 Å². The molecule has 0 saturated carbocycles. The van der Waals surface area contributed by atoms with Gasteiger partial charge >= 0.3 is 5.51 Å². The summed E-state index contributed by atoms with van der Waals surface area (Å²) in [5, 5.41) is 3.22. The summed E-state index contributed by atoms with van der Waals surface area (Å²) < 4.78 is 36.2. The predicted octanol–water partition coefficient (Wildman–Crippen LogP) is 3.75.